The fourth-order valence-electron chi connectivity index (χ4n) is 1.30. The second-order valence-corrected chi connectivity index (χ2v) is 5.59. The SMILES string of the molecule is CC(C)(CCCl)CCc1cccs1. The number of halogens is 1. The van der Waals surface area contributed by atoms with Crippen LogP contribution in [0.2, 0.25) is 0 Å². The van der Waals surface area contributed by atoms with Crippen LogP contribution in [-0.2, 0) is 6.42 Å². The van der Waals surface area contributed by atoms with Gasteiger partial charge in [-0.15, -0.1) is 22.9 Å². The molecule has 0 aliphatic heterocycles. The van der Waals surface area contributed by atoms with E-state index in [-0.39, 0.29) is 0 Å². The maximum Gasteiger partial charge on any atom is 0.0228 e. The maximum atomic E-state index is 5.75. The molecule has 0 unspecified atom stereocenters. The first kappa shape index (κ1) is 11.1. The van der Waals surface area contributed by atoms with Crippen molar-refractivity contribution in [1.82, 2.24) is 0 Å². The number of thiophene rings is 1. The minimum absolute atomic E-state index is 0.395. The second kappa shape index (κ2) is 5.02. The van der Waals surface area contributed by atoms with Crippen molar-refractivity contribution in [3.8, 4) is 0 Å². The number of hydrogen-bond acceptors (Lipinski definition) is 1. The van der Waals surface area contributed by atoms with Crippen LogP contribution in [0.1, 0.15) is 31.6 Å². The van der Waals surface area contributed by atoms with Crippen molar-refractivity contribution in [2.75, 3.05) is 5.88 Å². The number of rotatable bonds is 5. The zero-order valence-electron chi connectivity index (χ0n) is 8.35. The first-order valence-corrected chi connectivity index (χ1v) is 6.14. The van der Waals surface area contributed by atoms with E-state index < -0.39 is 0 Å². The first-order chi connectivity index (χ1) is 6.14. The fraction of sp³-hybridized carbons (Fsp3) is 0.636. The van der Waals surface area contributed by atoms with E-state index in [2.05, 4.69) is 31.4 Å². The van der Waals surface area contributed by atoms with Crippen LogP contribution in [0, 0.1) is 5.41 Å². The van der Waals surface area contributed by atoms with Gasteiger partial charge in [-0.2, -0.15) is 0 Å². The van der Waals surface area contributed by atoms with Crippen molar-refractivity contribution in [2.24, 2.45) is 5.41 Å². The first-order valence-electron chi connectivity index (χ1n) is 4.72. The average Bonchev–Trinajstić information content (AvgIpc) is 2.52. The van der Waals surface area contributed by atoms with E-state index in [0.717, 1.165) is 12.3 Å². The summed E-state index contributed by atoms with van der Waals surface area (Å²) < 4.78 is 0. The summed E-state index contributed by atoms with van der Waals surface area (Å²) in [6.07, 6.45) is 3.54. The normalized spacial score (nSPS) is 11.9. The Morgan fingerprint density at radius 3 is 2.69 bits per heavy atom. The van der Waals surface area contributed by atoms with Gasteiger partial charge in [-0.3, -0.25) is 0 Å². The standard InChI is InChI=1S/C11H17ClS/c1-11(2,7-8-12)6-5-10-4-3-9-13-10/h3-4,9H,5-8H2,1-2H3. The highest BCUT2D eigenvalue weighted by Gasteiger charge is 2.16. The molecule has 0 aromatic carbocycles. The van der Waals surface area contributed by atoms with Gasteiger partial charge in [0, 0.05) is 10.8 Å². The molecule has 0 aliphatic rings. The predicted molar refractivity (Wildman–Crippen MR) is 61.8 cm³/mol. The molecular weight excluding hydrogens is 200 g/mol. The van der Waals surface area contributed by atoms with Gasteiger partial charge in [0.25, 0.3) is 0 Å². The molecule has 0 N–H and O–H groups in total. The summed E-state index contributed by atoms with van der Waals surface area (Å²) in [5.41, 5.74) is 0.395. The summed E-state index contributed by atoms with van der Waals surface area (Å²) in [5.74, 6) is 0.775. The van der Waals surface area contributed by atoms with Gasteiger partial charge in [-0.05, 0) is 36.1 Å². The molecule has 1 heterocycles. The van der Waals surface area contributed by atoms with E-state index in [0.29, 0.717) is 5.41 Å². The van der Waals surface area contributed by atoms with Crippen molar-refractivity contribution >= 4 is 22.9 Å². The second-order valence-electron chi connectivity index (χ2n) is 4.18. The molecule has 0 nitrogen and oxygen atoms in total. The van der Waals surface area contributed by atoms with Crippen molar-refractivity contribution < 1.29 is 0 Å². The van der Waals surface area contributed by atoms with Gasteiger partial charge < -0.3 is 0 Å². The highest BCUT2D eigenvalue weighted by molar-refractivity contribution is 7.09. The predicted octanol–water partition coefficient (Wildman–Crippen LogP) is 4.34. The monoisotopic (exact) mass is 216 g/mol. The highest BCUT2D eigenvalue weighted by Crippen LogP contribution is 2.28. The van der Waals surface area contributed by atoms with E-state index in [1.807, 2.05) is 11.3 Å². The van der Waals surface area contributed by atoms with Crippen molar-refractivity contribution in [3.63, 3.8) is 0 Å². The van der Waals surface area contributed by atoms with Gasteiger partial charge in [0.2, 0.25) is 0 Å². The Hall–Kier alpha value is -0.0100. The van der Waals surface area contributed by atoms with Crippen molar-refractivity contribution in [3.05, 3.63) is 22.4 Å². The highest BCUT2D eigenvalue weighted by atomic mass is 35.5. The molecule has 0 atom stereocenters. The number of hydrogen-bond donors (Lipinski definition) is 0. The lowest BCUT2D eigenvalue weighted by Crippen LogP contribution is -2.12. The summed E-state index contributed by atoms with van der Waals surface area (Å²) >= 11 is 7.60. The molecule has 0 radical (unpaired) electrons. The Labute approximate surface area is 89.9 Å². The van der Waals surface area contributed by atoms with Gasteiger partial charge >= 0.3 is 0 Å². The van der Waals surface area contributed by atoms with Crippen LogP contribution in [0.4, 0.5) is 0 Å². The molecule has 0 spiro atoms. The minimum Gasteiger partial charge on any atom is -0.149 e. The fourth-order valence-corrected chi connectivity index (χ4v) is 2.52. The van der Waals surface area contributed by atoms with E-state index in [1.54, 1.807) is 0 Å². The molecule has 1 aromatic heterocycles. The Balaban J connectivity index is 2.33. The van der Waals surface area contributed by atoms with Gasteiger partial charge in [0.05, 0.1) is 0 Å². The lowest BCUT2D eigenvalue weighted by Gasteiger charge is -2.22. The molecule has 0 saturated carbocycles. The Morgan fingerprint density at radius 1 is 1.38 bits per heavy atom. The Kier molecular flexibility index (Phi) is 4.27. The Morgan fingerprint density at radius 2 is 2.15 bits per heavy atom. The third kappa shape index (κ3) is 4.15. The summed E-state index contributed by atoms with van der Waals surface area (Å²) in [4.78, 5) is 1.49. The average molecular weight is 217 g/mol. The van der Waals surface area contributed by atoms with Crippen LogP contribution in [0.25, 0.3) is 0 Å². The van der Waals surface area contributed by atoms with Gasteiger partial charge in [0.1, 0.15) is 0 Å². The molecule has 0 amide bonds. The molecule has 0 aliphatic carbocycles. The molecule has 74 valence electrons. The summed E-state index contributed by atoms with van der Waals surface area (Å²) in [5, 5.41) is 2.14. The third-order valence-electron chi connectivity index (χ3n) is 2.40. The van der Waals surface area contributed by atoms with Gasteiger partial charge in [-0.1, -0.05) is 19.9 Å². The van der Waals surface area contributed by atoms with Crippen LogP contribution >= 0.6 is 22.9 Å². The molecule has 13 heavy (non-hydrogen) atoms. The Bertz CT molecular complexity index is 226. The molecular formula is C11H17ClS. The van der Waals surface area contributed by atoms with Gasteiger partial charge in [0.15, 0.2) is 0 Å². The molecule has 0 fully saturated rings. The van der Waals surface area contributed by atoms with E-state index in [9.17, 15) is 0 Å². The van der Waals surface area contributed by atoms with Crippen molar-refractivity contribution in [1.29, 1.82) is 0 Å². The number of aryl methyl sites for hydroxylation is 1. The molecule has 0 bridgehead atoms. The zero-order valence-corrected chi connectivity index (χ0v) is 9.92. The molecule has 1 rings (SSSR count). The van der Waals surface area contributed by atoms with Crippen LogP contribution in [0.15, 0.2) is 17.5 Å². The van der Waals surface area contributed by atoms with E-state index in [1.165, 1.54) is 17.7 Å². The summed E-state index contributed by atoms with van der Waals surface area (Å²) in [7, 11) is 0. The zero-order chi connectivity index (χ0) is 9.73. The van der Waals surface area contributed by atoms with E-state index >= 15 is 0 Å². The van der Waals surface area contributed by atoms with Crippen molar-refractivity contribution in [2.45, 2.75) is 33.1 Å². The van der Waals surface area contributed by atoms with Gasteiger partial charge in [-0.25, -0.2) is 0 Å². The third-order valence-corrected chi connectivity index (χ3v) is 3.52. The number of alkyl halides is 1. The molecule has 0 saturated heterocycles. The smallest absolute Gasteiger partial charge is 0.0228 e. The van der Waals surface area contributed by atoms with E-state index in [4.69, 9.17) is 11.6 Å². The molecule has 1 aromatic rings. The maximum absolute atomic E-state index is 5.75. The summed E-state index contributed by atoms with van der Waals surface area (Å²) in [6, 6.07) is 4.33. The lowest BCUT2D eigenvalue weighted by molar-refractivity contribution is 0.325. The summed E-state index contributed by atoms with van der Waals surface area (Å²) in [6.45, 7) is 4.59. The van der Waals surface area contributed by atoms with Crippen LogP contribution in [0.3, 0.4) is 0 Å². The largest absolute Gasteiger partial charge is 0.149 e. The van der Waals surface area contributed by atoms with Crippen LogP contribution in [-0.4, -0.2) is 5.88 Å². The molecule has 2 heteroatoms. The quantitative estimate of drug-likeness (QED) is 0.643. The lowest BCUT2D eigenvalue weighted by atomic mass is 9.85. The topological polar surface area (TPSA) is 0 Å². The van der Waals surface area contributed by atoms with Crippen LogP contribution < -0.4 is 0 Å². The minimum atomic E-state index is 0.395. The van der Waals surface area contributed by atoms with Crippen LogP contribution in [0.5, 0.6) is 0 Å².